The molecule has 0 aliphatic heterocycles. The van der Waals surface area contributed by atoms with Gasteiger partial charge < -0.3 is 4.98 Å². The van der Waals surface area contributed by atoms with Gasteiger partial charge in [0.25, 0.3) is 0 Å². The van der Waals surface area contributed by atoms with Gasteiger partial charge >= 0.3 is 0 Å². The number of nitriles is 1. The molecular weight excluding hydrogens is 232 g/mol. The van der Waals surface area contributed by atoms with Gasteiger partial charge in [-0.2, -0.15) is 5.26 Å². The fraction of sp³-hybridized carbons (Fsp3) is 0. The zero-order valence-corrected chi connectivity index (χ0v) is 10.3. The van der Waals surface area contributed by atoms with Crippen molar-refractivity contribution in [3.05, 3.63) is 72.4 Å². The quantitative estimate of drug-likeness (QED) is 0.720. The second-order valence-corrected chi connectivity index (χ2v) is 4.30. The SMILES string of the molecule is N#Cc1c[nH]c(-c2ccccc2)c1-c1ccccc1. The highest BCUT2D eigenvalue weighted by atomic mass is 14.7. The smallest absolute Gasteiger partial charge is 0.101 e. The van der Waals surface area contributed by atoms with Crippen LogP contribution >= 0.6 is 0 Å². The summed E-state index contributed by atoms with van der Waals surface area (Å²) in [5, 5.41) is 9.27. The van der Waals surface area contributed by atoms with Crippen molar-refractivity contribution in [2.75, 3.05) is 0 Å². The van der Waals surface area contributed by atoms with E-state index in [4.69, 9.17) is 0 Å². The van der Waals surface area contributed by atoms with Gasteiger partial charge in [-0.25, -0.2) is 0 Å². The normalized spacial score (nSPS) is 10.1. The highest BCUT2D eigenvalue weighted by molar-refractivity contribution is 5.85. The van der Waals surface area contributed by atoms with Crippen LogP contribution in [-0.2, 0) is 0 Å². The van der Waals surface area contributed by atoms with Crippen LogP contribution in [0.25, 0.3) is 22.4 Å². The molecule has 2 aromatic carbocycles. The Labute approximate surface area is 112 Å². The molecule has 1 heterocycles. The van der Waals surface area contributed by atoms with Crippen LogP contribution in [0.3, 0.4) is 0 Å². The fourth-order valence-corrected chi connectivity index (χ4v) is 2.25. The topological polar surface area (TPSA) is 39.6 Å². The van der Waals surface area contributed by atoms with E-state index in [1.165, 1.54) is 0 Å². The first-order valence-corrected chi connectivity index (χ1v) is 6.12. The Bertz CT molecular complexity index is 719. The number of aromatic amines is 1. The summed E-state index contributed by atoms with van der Waals surface area (Å²) in [6, 6.07) is 22.3. The molecule has 0 unspecified atom stereocenters. The first-order chi connectivity index (χ1) is 9.40. The van der Waals surface area contributed by atoms with E-state index in [9.17, 15) is 5.26 Å². The number of benzene rings is 2. The number of hydrogen-bond donors (Lipinski definition) is 1. The molecule has 2 heteroatoms. The summed E-state index contributed by atoms with van der Waals surface area (Å²) in [5.41, 5.74) is 4.77. The number of hydrogen-bond acceptors (Lipinski definition) is 1. The first kappa shape index (κ1) is 11.3. The summed E-state index contributed by atoms with van der Waals surface area (Å²) in [7, 11) is 0. The number of H-pyrrole nitrogens is 1. The first-order valence-electron chi connectivity index (χ1n) is 6.12. The van der Waals surface area contributed by atoms with Crippen molar-refractivity contribution in [2.45, 2.75) is 0 Å². The molecule has 0 aliphatic rings. The average Bonchev–Trinajstić information content (AvgIpc) is 2.93. The number of aromatic nitrogens is 1. The zero-order chi connectivity index (χ0) is 13.1. The third-order valence-corrected chi connectivity index (χ3v) is 3.13. The Hall–Kier alpha value is -2.79. The summed E-state index contributed by atoms with van der Waals surface area (Å²) in [5.74, 6) is 0. The fourth-order valence-electron chi connectivity index (χ4n) is 2.25. The standard InChI is InChI=1S/C17H12N2/c18-11-15-12-19-17(14-9-5-2-6-10-14)16(15)13-7-3-1-4-8-13/h1-10,12,19H. The van der Waals surface area contributed by atoms with E-state index in [0.29, 0.717) is 5.56 Å². The monoisotopic (exact) mass is 244 g/mol. The van der Waals surface area contributed by atoms with E-state index in [-0.39, 0.29) is 0 Å². The van der Waals surface area contributed by atoms with E-state index >= 15 is 0 Å². The Morgan fingerprint density at radius 2 is 1.37 bits per heavy atom. The second kappa shape index (κ2) is 4.83. The summed E-state index contributed by atoms with van der Waals surface area (Å²) in [6.45, 7) is 0. The molecule has 1 N–H and O–H groups in total. The maximum absolute atomic E-state index is 9.27. The summed E-state index contributed by atoms with van der Waals surface area (Å²) in [4.78, 5) is 3.22. The van der Waals surface area contributed by atoms with Crippen LogP contribution in [0.1, 0.15) is 5.56 Å². The molecule has 2 nitrogen and oxygen atoms in total. The molecule has 1 aromatic heterocycles. The third kappa shape index (κ3) is 2.02. The average molecular weight is 244 g/mol. The summed E-state index contributed by atoms with van der Waals surface area (Å²) >= 11 is 0. The minimum atomic E-state index is 0.671. The minimum absolute atomic E-state index is 0.671. The minimum Gasteiger partial charge on any atom is -0.359 e. The third-order valence-electron chi connectivity index (χ3n) is 3.13. The van der Waals surface area contributed by atoms with Gasteiger partial charge in [0.2, 0.25) is 0 Å². The predicted molar refractivity (Wildman–Crippen MR) is 76.4 cm³/mol. The molecule has 0 radical (unpaired) electrons. The molecule has 0 aliphatic carbocycles. The van der Waals surface area contributed by atoms with Gasteiger partial charge in [-0.05, 0) is 11.1 Å². The lowest BCUT2D eigenvalue weighted by Gasteiger charge is -2.05. The second-order valence-electron chi connectivity index (χ2n) is 4.30. The van der Waals surface area contributed by atoms with Crippen LogP contribution in [0.5, 0.6) is 0 Å². The van der Waals surface area contributed by atoms with Crippen molar-refractivity contribution >= 4 is 0 Å². The Balaban J connectivity index is 2.24. The molecule has 19 heavy (non-hydrogen) atoms. The van der Waals surface area contributed by atoms with Crippen LogP contribution < -0.4 is 0 Å². The largest absolute Gasteiger partial charge is 0.359 e. The van der Waals surface area contributed by atoms with Gasteiger partial charge in [0.1, 0.15) is 6.07 Å². The highest BCUT2D eigenvalue weighted by Gasteiger charge is 2.13. The van der Waals surface area contributed by atoms with Crippen molar-refractivity contribution < 1.29 is 0 Å². The molecule has 90 valence electrons. The highest BCUT2D eigenvalue weighted by Crippen LogP contribution is 2.33. The lowest BCUT2D eigenvalue weighted by Crippen LogP contribution is -1.83. The Morgan fingerprint density at radius 3 is 1.95 bits per heavy atom. The van der Waals surface area contributed by atoms with E-state index in [2.05, 4.69) is 11.1 Å². The molecule has 0 fully saturated rings. The Kier molecular flexibility index (Phi) is 2.88. The van der Waals surface area contributed by atoms with Gasteiger partial charge in [-0.15, -0.1) is 0 Å². The van der Waals surface area contributed by atoms with Gasteiger partial charge in [0.15, 0.2) is 0 Å². The van der Waals surface area contributed by atoms with Crippen molar-refractivity contribution in [2.24, 2.45) is 0 Å². The lowest BCUT2D eigenvalue weighted by atomic mass is 9.98. The molecule has 3 rings (SSSR count). The maximum Gasteiger partial charge on any atom is 0.101 e. The van der Waals surface area contributed by atoms with Gasteiger partial charge in [0, 0.05) is 11.8 Å². The number of nitrogens with zero attached hydrogens (tertiary/aromatic N) is 1. The van der Waals surface area contributed by atoms with Gasteiger partial charge in [-0.3, -0.25) is 0 Å². The number of nitrogens with one attached hydrogen (secondary N) is 1. The van der Waals surface area contributed by atoms with Crippen molar-refractivity contribution in [3.63, 3.8) is 0 Å². The Morgan fingerprint density at radius 1 is 0.789 bits per heavy atom. The molecule has 0 saturated carbocycles. The van der Waals surface area contributed by atoms with Gasteiger partial charge in [0.05, 0.1) is 11.3 Å². The van der Waals surface area contributed by atoms with Crippen molar-refractivity contribution in [1.82, 2.24) is 4.98 Å². The molecule has 3 aromatic rings. The van der Waals surface area contributed by atoms with Crippen LogP contribution in [0.15, 0.2) is 66.9 Å². The molecule has 0 bridgehead atoms. The molecule has 0 amide bonds. The summed E-state index contributed by atoms with van der Waals surface area (Å²) < 4.78 is 0. The maximum atomic E-state index is 9.27. The van der Waals surface area contributed by atoms with E-state index in [1.807, 2.05) is 60.7 Å². The summed E-state index contributed by atoms with van der Waals surface area (Å²) in [6.07, 6.45) is 1.77. The van der Waals surface area contributed by atoms with Crippen LogP contribution in [0.4, 0.5) is 0 Å². The van der Waals surface area contributed by atoms with E-state index in [0.717, 1.165) is 22.4 Å². The van der Waals surface area contributed by atoms with E-state index < -0.39 is 0 Å². The van der Waals surface area contributed by atoms with Crippen LogP contribution in [0.2, 0.25) is 0 Å². The zero-order valence-electron chi connectivity index (χ0n) is 10.3. The predicted octanol–water partition coefficient (Wildman–Crippen LogP) is 4.22. The van der Waals surface area contributed by atoms with Crippen LogP contribution in [0, 0.1) is 11.3 Å². The molecule has 0 spiro atoms. The van der Waals surface area contributed by atoms with Crippen molar-refractivity contribution in [1.29, 1.82) is 5.26 Å². The molecule has 0 atom stereocenters. The van der Waals surface area contributed by atoms with Crippen molar-refractivity contribution in [3.8, 4) is 28.5 Å². The number of rotatable bonds is 2. The molecule has 0 saturated heterocycles. The van der Waals surface area contributed by atoms with E-state index in [1.54, 1.807) is 6.20 Å². The lowest BCUT2D eigenvalue weighted by molar-refractivity contribution is 1.39. The van der Waals surface area contributed by atoms with Gasteiger partial charge in [-0.1, -0.05) is 60.7 Å². The van der Waals surface area contributed by atoms with Crippen LogP contribution in [-0.4, -0.2) is 4.98 Å². The molecular formula is C17H12N2.